The van der Waals surface area contributed by atoms with E-state index in [0.29, 0.717) is 18.2 Å². The minimum atomic E-state index is -4.96. The first-order valence-electron chi connectivity index (χ1n) is 9.32. The molecule has 7 heteroatoms. The molecular formula is C18H19NaO5S. The monoisotopic (exact) mass is 373 g/mol. The first-order chi connectivity index (χ1) is 12.4. The van der Waals surface area contributed by atoms with Crippen LogP contribution in [0, 0.1) is 5.41 Å². The van der Waals surface area contributed by atoms with Crippen LogP contribution < -0.4 is 33.7 Å². The molecule has 5 nitrogen and oxygen atoms in total. The van der Waals surface area contributed by atoms with E-state index in [1.54, 1.807) is 12.1 Å². The third-order valence-electron chi connectivity index (χ3n) is 5.47. The number of hydrogen-bond donors (Lipinski definition) is 1. The van der Waals surface area contributed by atoms with Crippen molar-refractivity contribution < 1.29 is 55.9 Å². The van der Waals surface area contributed by atoms with Crippen molar-refractivity contribution in [3.8, 4) is 5.75 Å². The molecule has 1 unspecified atom stereocenters. The van der Waals surface area contributed by atoms with Gasteiger partial charge in [0.25, 0.3) is 10.4 Å². The van der Waals surface area contributed by atoms with Gasteiger partial charge >= 0.3 is 29.6 Å². The molecule has 2 aliphatic rings. The van der Waals surface area contributed by atoms with Crippen LogP contribution in [0.3, 0.4) is 0 Å². The fourth-order valence-electron chi connectivity index (χ4n) is 4.14. The Morgan fingerprint density at radius 2 is 2.16 bits per heavy atom. The average molecular weight is 373 g/mol. The summed E-state index contributed by atoms with van der Waals surface area (Å²) in [5.74, 6) is -0.450. The summed E-state index contributed by atoms with van der Waals surface area (Å²) in [4.78, 5) is 0. The van der Waals surface area contributed by atoms with Gasteiger partial charge in [-0.05, 0) is 65.6 Å². The molecule has 0 aromatic heterocycles. The molecule has 1 saturated carbocycles. The van der Waals surface area contributed by atoms with Gasteiger partial charge < -0.3 is 13.8 Å². The molecule has 0 heterocycles. The van der Waals surface area contributed by atoms with Crippen molar-refractivity contribution in [2.75, 3.05) is 0 Å². The minimum absolute atomic E-state index is 0. The van der Waals surface area contributed by atoms with Gasteiger partial charge in [0.2, 0.25) is 0 Å². The molecule has 1 N–H and O–H groups in total. The van der Waals surface area contributed by atoms with Gasteiger partial charge in [-0.15, -0.1) is 0 Å². The standard InChI is InChI=1S/C18H20O5S.Na/c1-18-9-8-14-13-5-3-12(23-24(20,21)22)10-11(13)2-4-15(14)16(18)6-7-17(18)19;/h2-5,10,16-17,19H,6-9H2,1H3,(H,20,21,22);/q;+1/p-1/t16?,17-,18-;/m0./s1/i7D2,10D;. The fraction of sp³-hybridized carbons (Fsp3) is 0.444. The number of aryl methyl sites for hydroxylation is 1. The number of benzene rings is 2. The maximum atomic E-state index is 10.9. The largest absolute Gasteiger partial charge is 1.00 e. The maximum absolute atomic E-state index is 10.9. The van der Waals surface area contributed by atoms with Crippen LogP contribution in [0.2, 0.25) is 0 Å². The predicted octanol–water partition coefficient (Wildman–Crippen LogP) is -0.126. The van der Waals surface area contributed by atoms with Gasteiger partial charge in [0.1, 0.15) is 5.75 Å². The summed E-state index contributed by atoms with van der Waals surface area (Å²) in [5, 5.41) is 11.8. The Bertz CT molecular complexity index is 1060. The van der Waals surface area contributed by atoms with Crippen LogP contribution in [0.1, 0.15) is 47.3 Å². The van der Waals surface area contributed by atoms with Crippen molar-refractivity contribution in [3.63, 3.8) is 0 Å². The summed E-state index contributed by atoms with van der Waals surface area (Å²) in [5.41, 5.74) is 1.39. The molecule has 0 aliphatic heterocycles. The number of fused-ring (bicyclic) bond motifs is 5. The molecule has 2 aromatic rings. The second kappa shape index (κ2) is 6.51. The molecule has 4 rings (SSSR count). The zero-order chi connectivity index (χ0) is 19.8. The van der Waals surface area contributed by atoms with Crippen molar-refractivity contribution in [1.29, 1.82) is 0 Å². The van der Waals surface area contributed by atoms with Crippen LogP contribution in [0.5, 0.6) is 5.75 Å². The molecule has 0 spiro atoms. The van der Waals surface area contributed by atoms with E-state index in [1.165, 1.54) is 6.07 Å². The second-order valence-corrected chi connectivity index (χ2v) is 7.76. The van der Waals surface area contributed by atoms with E-state index in [1.807, 2.05) is 13.0 Å². The first-order valence-corrected chi connectivity index (χ1v) is 9.16. The molecule has 0 saturated heterocycles. The number of hydrogen-bond acceptors (Lipinski definition) is 5. The molecule has 128 valence electrons. The second-order valence-electron chi connectivity index (χ2n) is 6.78. The minimum Gasteiger partial charge on any atom is -0.716 e. The predicted molar refractivity (Wildman–Crippen MR) is 88.7 cm³/mol. The van der Waals surface area contributed by atoms with Crippen LogP contribution >= 0.6 is 0 Å². The summed E-state index contributed by atoms with van der Waals surface area (Å²) in [7, 11) is -4.96. The summed E-state index contributed by atoms with van der Waals surface area (Å²) >= 11 is 0. The van der Waals surface area contributed by atoms with Gasteiger partial charge in [0, 0.05) is 8.16 Å². The third-order valence-corrected chi connectivity index (χ3v) is 5.85. The molecule has 3 atom stereocenters. The number of rotatable bonds is 2. The van der Waals surface area contributed by atoms with Crippen molar-refractivity contribution in [1.82, 2.24) is 0 Å². The van der Waals surface area contributed by atoms with Crippen molar-refractivity contribution >= 4 is 21.2 Å². The van der Waals surface area contributed by atoms with Crippen LogP contribution in [0.15, 0.2) is 30.3 Å². The summed E-state index contributed by atoms with van der Waals surface area (Å²) < 4.78 is 61.4. The van der Waals surface area contributed by atoms with Gasteiger partial charge in [-0.2, -0.15) is 0 Å². The fourth-order valence-corrected chi connectivity index (χ4v) is 4.45. The van der Waals surface area contributed by atoms with Gasteiger partial charge in [-0.1, -0.05) is 25.1 Å². The van der Waals surface area contributed by atoms with E-state index < -0.39 is 28.3 Å². The first kappa shape index (κ1) is 15.4. The normalized spacial score (nSPS) is 31.9. The number of aliphatic hydroxyl groups is 1. The molecule has 0 amide bonds. The van der Waals surface area contributed by atoms with Crippen LogP contribution in [0.4, 0.5) is 0 Å². The van der Waals surface area contributed by atoms with Gasteiger partial charge in [-0.25, -0.2) is 8.42 Å². The van der Waals surface area contributed by atoms with Crippen molar-refractivity contribution in [2.24, 2.45) is 5.41 Å². The maximum Gasteiger partial charge on any atom is 1.00 e. The molecule has 2 aromatic carbocycles. The van der Waals surface area contributed by atoms with E-state index in [4.69, 9.17) is 4.11 Å². The molecule has 1 fully saturated rings. The molecule has 0 radical (unpaired) electrons. The van der Waals surface area contributed by atoms with E-state index in [-0.39, 0.29) is 53.7 Å². The van der Waals surface area contributed by atoms with Crippen LogP contribution in [-0.2, 0) is 16.8 Å². The topological polar surface area (TPSA) is 86.7 Å². The Morgan fingerprint density at radius 1 is 1.40 bits per heavy atom. The Balaban J connectivity index is 0.00000225. The summed E-state index contributed by atoms with van der Waals surface area (Å²) in [6.07, 6.45) is -1.23. The number of aliphatic hydroxyl groups excluding tert-OH is 1. The van der Waals surface area contributed by atoms with Gasteiger partial charge in [0.15, 0.2) is 0 Å². The molecule has 2 aliphatic carbocycles. The Kier molecular flexibility index (Phi) is 4.02. The zero-order valence-electron chi connectivity index (χ0n) is 17.1. The quantitative estimate of drug-likeness (QED) is 0.450. The molecule has 0 bridgehead atoms. The van der Waals surface area contributed by atoms with E-state index >= 15 is 0 Å². The van der Waals surface area contributed by atoms with Crippen molar-refractivity contribution in [3.05, 3.63) is 41.4 Å². The van der Waals surface area contributed by atoms with Crippen LogP contribution in [0.25, 0.3) is 10.8 Å². The van der Waals surface area contributed by atoms with E-state index in [9.17, 15) is 18.1 Å². The molecule has 25 heavy (non-hydrogen) atoms. The summed E-state index contributed by atoms with van der Waals surface area (Å²) in [6.45, 7) is 1.92. The van der Waals surface area contributed by atoms with Crippen LogP contribution in [-0.4, -0.2) is 24.2 Å². The molecular weight excluding hydrogens is 351 g/mol. The van der Waals surface area contributed by atoms with E-state index in [0.717, 1.165) is 16.5 Å². The van der Waals surface area contributed by atoms with Gasteiger partial charge in [-0.3, -0.25) is 0 Å². The SMILES string of the molecule is [2H]c1c(OS(=O)(=O)[O-])ccc2c3c(ccc12)C1CC([2H])([2H])[C@H](O)[C@@]1(C)CC3.[Na+]. The van der Waals surface area contributed by atoms with E-state index in [2.05, 4.69) is 4.18 Å². The smallest absolute Gasteiger partial charge is 0.716 e. The third kappa shape index (κ3) is 3.24. The van der Waals surface area contributed by atoms with Crippen molar-refractivity contribution in [2.45, 2.75) is 44.6 Å². The average Bonchev–Trinajstić information content (AvgIpc) is 2.76. The zero-order valence-corrected chi connectivity index (χ0v) is 16.9. The Labute approximate surface area is 173 Å². The Hall–Kier alpha value is -0.630. The van der Waals surface area contributed by atoms with Gasteiger partial charge in [0.05, 0.1) is 7.47 Å². The Morgan fingerprint density at radius 3 is 2.88 bits per heavy atom. The summed E-state index contributed by atoms with van der Waals surface area (Å²) in [6, 6.07) is 6.26.